The molecule has 0 radical (unpaired) electrons. The molecule has 2 aliphatic rings. The predicted octanol–water partition coefficient (Wildman–Crippen LogP) is 1.70. The number of thiophene rings is 1. The first-order chi connectivity index (χ1) is 11.5. The molecule has 2 fully saturated rings. The number of fused-ring (bicyclic) bond motifs is 1. The molecule has 4 heterocycles. The van der Waals surface area contributed by atoms with Crippen molar-refractivity contribution in [2.45, 2.75) is 25.8 Å². The summed E-state index contributed by atoms with van der Waals surface area (Å²) in [6, 6.07) is 2.68. The van der Waals surface area contributed by atoms with Crippen LogP contribution in [0, 0.1) is 6.92 Å². The summed E-state index contributed by atoms with van der Waals surface area (Å²) in [6.07, 6.45) is 3.79. The molecule has 2 saturated heterocycles. The summed E-state index contributed by atoms with van der Waals surface area (Å²) < 4.78 is 23.2. The normalized spacial score (nSPS) is 23.0. The molecule has 8 heteroatoms. The predicted molar refractivity (Wildman–Crippen MR) is 97.6 cm³/mol. The van der Waals surface area contributed by atoms with Crippen LogP contribution in [0.4, 0.5) is 5.82 Å². The Hall–Kier alpha value is -1.25. The van der Waals surface area contributed by atoms with Gasteiger partial charge in [-0.1, -0.05) is 0 Å². The average molecular weight is 367 g/mol. The molecule has 0 N–H and O–H groups in total. The molecule has 0 amide bonds. The van der Waals surface area contributed by atoms with E-state index in [1.165, 1.54) is 4.88 Å². The van der Waals surface area contributed by atoms with Crippen molar-refractivity contribution < 1.29 is 8.42 Å². The third-order valence-corrected chi connectivity index (χ3v) is 7.66. The number of nitrogens with zero attached hydrogens (tertiary/aromatic N) is 4. The second-order valence-corrected chi connectivity index (χ2v) is 10.2. The van der Waals surface area contributed by atoms with Gasteiger partial charge in [-0.2, -0.15) is 0 Å². The van der Waals surface area contributed by atoms with Gasteiger partial charge in [-0.15, -0.1) is 11.3 Å². The van der Waals surface area contributed by atoms with Crippen molar-refractivity contribution >= 4 is 37.2 Å². The van der Waals surface area contributed by atoms with Crippen LogP contribution in [0.15, 0.2) is 12.4 Å². The molecule has 0 bridgehead atoms. The Morgan fingerprint density at radius 3 is 2.54 bits per heavy atom. The largest absolute Gasteiger partial charge is 0.356 e. The fraction of sp³-hybridized carbons (Fsp3) is 0.625. The van der Waals surface area contributed by atoms with Crippen LogP contribution in [0.1, 0.15) is 17.7 Å². The van der Waals surface area contributed by atoms with Gasteiger partial charge in [0.2, 0.25) is 0 Å². The zero-order valence-electron chi connectivity index (χ0n) is 13.8. The third kappa shape index (κ3) is 3.14. The molecule has 0 atom stereocenters. The summed E-state index contributed by atoms with van der Waals surface area (Å²) in [5.41, 5.74) is 0. The fourth-order valence-electron chi connectivity index (χ4n) is 3.75. The fourth-order valence-corrected chi connectivity index (χ4v) is 5.82. The van der Waals surface area contributed by atoms with E-state index in [1.807, 2.05) is 0 Å². The van der Waals surface area contributed by atoms with Crippen LogP contribution < -0.4 is 4.90 Å². The van der Waals surface area contributed by atoms with Crippen LogP contribution >= 0.6 is 11.3 Å². The number of piperidine rings is 1. The number of aromatic nitrogens is 2. The molecule has 2 aromatic rings. The first-order valence-corrected chi connectivity index (χ1v) is 11.1. The van der Waals surface area contributed by atoms with Crippen molar-refractivity contribution in [2.75, 3.05) is 42.6 Å². The molecular formula is C16H22N4O2S2. The molecular weight excluding hydrogens is 344 g/mol. The molecule has 0 spiro atoms. The van der Waals surface area contributed by atoms with Crippen LogP contribution in [-0.4, -0.2) is 67.0 Å². The Bertz CT molecular complexity index is 827. The second-order valence-electron chi connectivity index (χ2n) is 6.68. The summed E-state index contributed by atoms with van der Waals surface area (Å²) in [4.78, 5) is 15.9. The van der Waals surface area contributed by atoms with E-state index >= 15 is 0 Å². The van der Waals surface area contributed by atoms with Crippen LogP contribution in [0.2, 0.25) is 0 Å². The lowest BCUT2D eigenvalue weighted by Crippen LogP contribution is -2.50. The highest BCUT2D eigenvalue weighted by atomic mass is 32.2. The van der Waals surface area contributed by atoms with E-state index in [2.05, 4.69) is 32.8 Å². The van der Waals surface area contributed by atoms with E-state index < -0.39 is 9.84 Å². The van der Waals surface area contributed by atoms with Crippen molar-refractivity contribution in [1.82, 2.24) is 14.9 Å². The Morgan fingerprint density at radius 2 is 1.83 bits per heavy atom. The summed E-state index contributed by atoms with van der Waals surface area (Å²) in [6.45, 7) is 5.42. The maximum atomic E-state index is 11.6. The van der Waals surface area contributed by atoms with E-state index in [4.69, 9.17) is 0 Å². The highest BCUT2D eigenvalue weighted by Crippen LogP contribution is 2.31. The van der Waals surface area contributed by atoms with Crippen LogP contribution in [0.5, 0.6) is 0 Å². The average Bonchev–Trinajstić information content (AvgIpc) is 2.95. The second kappa shape index (κ2) is 6.24. The summed E-state index contributed by atoms with van der Waals surface area (Å²) in [7, 11) is -2.80. The Labute approximate surface area is 146 Å². The number of hydrogen-bond donors (Lipinski definition) is 0. The molecule has 0 saturated carbocycles. The van der Waals surface area contributed by atoms with E-state index in [0.717, 1.165) is 42.0 Å². The Kier molecular flexibility index (Phi) is 4.22. The minimum absolute atomic E-state index is 0.313. The zero-order chi connectivity index (χ0) is 16.7. The molecule has 4 rings (SSSR count). The maximum absolute atomic E-state index is 11.6. The lowest BCUT2D eigenvalue weighted by molar-refractivity contribution is 0.182. The van der Waals surface area contributed by atoms with E-state index in [0.29, 0.717) is 30.6 Å². The minimum Gasteiger partial charge on any atom is -0.356 e. The van der Waals surface area contributed by atoms with Crippen LogP contribution in [-0.2, 0) is 9.84 Å². The van der Waals surface area contributed by atoms with Gasteiger partial charge >= 0.3 is 0 Å². The monoisotopic (exact) mass is 366 g/mol. The molecule has 6 nitrogen and oxygen atoms in total. The van der Waals surface area contributed by atoms with Gasteiger partial charge < -0.3 is 4.90 Å². The van der Waals surface area contributed by atoms with Crippen LogP contribution in [0.3, 0.4) is 0 Å². The molecule has 0 unspecified atom stereocenters. The summed E-state index contributed by atoms with van der Waals surface area (Å²) >= 11 is 1.71. The van der Waals surface area contributed by atoms with Gasteiger partial charge in [-0.25, -0.2) is 18.4 Å². The number of anilines is 1. The number of rotatable bonds is 2. The topological polar surface area (TPSA) is 66.4 Å². The zero-order valence-corrected chi connectivity index (χ0v) is 15.4. The first-order valence-electron chi connectivity index (χ1n) is 8.42. The Balaban J connectivity index is 1.44. The lowest BCUT2D eigenvalue weighted by Gasteiger charge is -2.40. The molecule has 2 aliphatic heterocycles. The summed E-state index contributed by atoms with van der Waals surface area (Å²) in [5, 5.41) is 1.16. The van der Waals surface area contributed by atoms with Gasteiger partial charge in [0.25, 0.3) is 0 Å². The number of aryl methyl sites for hydroxylation is 1. The first kappa shape index (κ1) is 16.2. The van der Waals surface area contributed by atoms with E-state index in [9.17, 15) is 8.42 Å². The molecule has 0 aliphatic carbocycles. The van der Waals surface area contributed by atoms with Crippen molar-refractivity contribution in [3.63, 3.8) is 0 Å². The number of sulfone groups is 1. The highest BCUT2D eigenvalue weighted by molar-refractivity contribution is 7.91. The van der Waals surface area contributed by atoms with E-state index in [-0.39, 0.29) is 0 Å². The van der Waals surface area contributed by atoms with Crippen molar-refractivity contribution in [3.05, 3.63) is 17.3 Å². The quantitative estimate of drug-likeness (QED) is 0.806. The highest BCUT2D eigenvalue weighted by Gasteiger charge is 2.30. The number of hydrogen-bond acceptors (Lipinski definition) is 7. The van der Waals surface area contributed by atoms with Crippen LogP contribution in [0.25, 0.3) is 10.2 Å². The van der Waals surface area contributed by atoms with Gasteiger partial charge in [0.1, 0.15) is 17.0 Å². The SMILES string of the molecule is Cc1cc2c(N3CCC(N4CCS(=O)(=O)CC4)CC3)ncnc2s1. The van der Waals surface area contributed by atoms with Gasteiger partial charge in [0.15, 0.2) is 9.84 Å². The van der Waals surface area contributed by atoms with Gasteiger partial charge in [0, 0.05) is 37.1 Å². The maximum Gasteiger partial charge on any atom is 0.152 e. The van der Waals surface area contributed by atoms with Gasteiger partial charge in [-0.3, -0.25) is 4.90 Å². The van der Waals surface area contributed by atoms with Crippen molar-refractivity contribution in [1.29, 1.82) is 0 Å². The molecule has 24 heavy (non-hydrogen) atoms. The molecule has 0 aromatic carbocycles. The van der Waals surface area contributed by atoms with E-state index in [1.54, 1.807) is 17.7 Å². The molecule has 130 valence electrons. The smallest absolute Gasteiger partial charge is 0.152 e. The Morgan fingerprint density at radius 1 is 1.12 bits per heavy atom. The van der Waals surface area contributed by atoms with Crippen molar-refractivity contribution in [3.8, 4) is 0 Å². The molecule has 2 aromatic heterocycles. The van der Waals surface area contributed by atoms with Gasteiger partial charge in [-0.05, 0) is 25.8 Å². The lowest BCUT2D eigenvalue weighted by atomic mass is 10.0. The minimum atomic E-state index is -2.80. The summed E-state index contributed by atoms with van der Waals surface area (Å²) in [5.74, 6) is 1.67. The standard InChI is InChI=1S/C16H22N4O2S2/c1-12-10-14-15(17-11-18-16(14)23-12)20-4-2-13(3-5-20)19-6-8-24(21,22)9-7-19/h10-11,13H,2-9H2,1H3. The third-order valence-electron chi connectivity index (χ3n) is 5.09. The van der Waals surface area contributed by atoms with Crippen molar-refractivity contribution in [2.24, 2.45) is 0 Å². The van der Waals surface area contributed by atoms with Gasteiger partial charge in [0.05, 0.1) is 16.9 Å².